The third-order valence-corrected chi connectivity index (χ3v) is 4.37. The van der Waals surface area contributed by atoms with E-state index in [1.54, 1.807) is 48.5 Å². The van der Waals surface area contributed by atoms with Gasteiger partial charge in [-0.2, -0.15) is 5.10 Å². The number of benzene rings is 2. The molecule has 1 heterocycles. The molecule has 1 aromatic heterocycles. The third-order valence-electron chi connectivity index (χ3n) is 4.13. The number of nitrogens with one attached hydrogen (secondary N) is 1. The van der Waals surface area contributed by atoms with Crippen LogP contribution in [0, 0.1) is 5.82 Å². The highest BCUT2D eigenvalue weighted by Gasteiger charge is 2.20. The molecule has 1 atom stereocenters. The van der Waals surface area contributed by atoms with Crippen LogP contribution in [-0.2, 0) is 0 Å². The van der Waals surface area contributed by atoms with Crippen molar-refractivity contribution in [3.05, 3.63) is 71.1 Å². The molecule has 1 N–H and O–H groups in total. The first-order valence-corrected chi connectivity index (χ1v) is 8.79. The standard InChI is InChI=1S/C20H19ClFN3O/c1-3-13(2)23-20(26)19-12-18(16-9-4-5-10-17(16)22)24-25(19)15-8-6-7-14(21)11-15/h4-13H,3H2,1-2H3,(H,23,26). The van der Waals surface area contributed by atoms with Gasteiger partial charge in [-0.05, 0) is 49.7 Å². The minimum atomic E-state index is -0.392. The number of nitrogens with zero attached hydrogens (tertiary/aromatic N) is 2. The van der Waals surface area contributed by atoms with Gasteiger partial charge in [-0.3, -0.25) is 4.79 Å². The Hall–Kier alpha value is -2.66. The minimum absolute atomic E-state index is 0.0159. The Morgan fingerprint density at radius 1 is 1.23 bits per heavy atom. The lowest BCUT2D eigenvalue weighted by molar-refractivity contribution is 0.0931. The zero-order valence-corrected chi connectivity index (χ0v) is 15.3. The number of hydrogen-bond acceptors (Lipinski definition) is 2. The van der Waals surface area contributed by atoms with E-state index in [0.29, 0.717) is 27.7 Å². The second kappa shape index (κ2) is 7.70. The summed E-state index contributed by atoms with van der Waals surface area (Å²) >= 11 is 6.08. The molecule has 6 heteroatoms. The van der Waals surface area contributed by atoms with Crippen LogP contribution in [0.2, 0.25) is 5.02 Å². The highest BCUT2D eigenvalue weighted by Crippen LogP contribution is 2.25. The smallest absolute Gasteiger partial charge is 0.270 e. The molecule has 0 bridgehead atoms. The van der Waals surface area contributed by atoms with E-state index < -0.39 is 5.82 Å². The van der Waals surface area contributed by atoms with Crippen LogP contribution in [0.4, 0.5) is 4.39 Å². The number of carbonyl (C=O) groups is 1. The van der Waals surface area contributed by atoms with Crippen molar-refractivity contribution in [3.63, 3.8) is 0 Å². The predicted molar refractivity (Wildman–Crippen MR) is 101 cm³/mol. The molecular formula is C20H19ClFN3O. The zero-order chi connectivity index (χ0) is 18.7. The van der Waals surface area contributed by atoms with Crippen LogP contribution >= 0.6 is 11.6 Å². The molecule has 134 valence electrons. The van der Waals surface area contributed by atoms with Gasteiger partial charge >= 0.3 is 0 Å². The number of hydrogen-bond donors (Lipinski definition) is 1. The maximum absolute atomic E-state index is 14.2. The van der Waals surface area contributed by atoms with Gasteiger partial charge in [0.1, 0.15) is 11.5 Å². The SMILES string of the molecule is CCC(C)NC(=O)c1cc(-c2ccccc2F)nn1-c1cccc(Cl)c1. The molecule has 0 radical (unpaired) electrons. The first-order chi connectivity index (χ1) is 12.5. The fraction of sp³-hybridized carbons (Fsp3) is 0.200. The predicted octanol–water partition coefficient (Wildman–Crippen LogP) is 4.86. The topological polar surface area (TPSA) is 46.9 Å². The largest absolute Gasteiger partial charge is 0.348 e. The van der Waals surface area contributed by atoms with Crippen LogP contribution in [0.1, 0.15) is 30.8 Å². The average molecular weight is 372 g/mol. The van der Waals surface area contributed by atoms with Gasteiger partial charge < -0.3 is 5.32 Å². The van der Waals surface area contributed by atoms with Crippen molar-refractivity contribution in [1.29, 1.82) is 0 Å². The van der Waals surface area contributed by atoms with Gasteiger partial charge in [0.2, 0.25) is 0 Å². The van der Waals surface area contributed by atoms with Gasteiger partial charge in [-0.1, -0.05) is 36.7 Å². The Kier molecular flexibility index (Phi) is 5.38. The van der Waals surface area contributed by atoms with E-state index in [0.717, 1.165) is 6.42 Å². The summed E-state index contributed by atoms with van der Waals surface area (Å²) in [5, 5.41) is 7.91. The molecule has 26 heavy (non-hydrogen) atoms. The Morgan fingerprint density at radius 3 is 2.69 bits per heavy atom. The summed E-state index contributed by atoms with van der Waals surface area (Å²) in [6.07, 6.45) is 0.803. The first-order valence-electron chi connectivity index (χ1n) is 8.41. The first kappa shape index (κ1) is 18.1. The average Bonchev–Trinajstić information content (AvgIpc) is 3.07. The summed E-state index contributed by atoms with van der Waals surface area (Å²) in [7, 11) is 0. The van der Waals surface area contributed by atoms with Crippen molar-refractivity contribution >= 4 is 17.5 Å². The summed E-state index contributed by atoms with van der Waals surface area (Å²) in [5.41, 5.74) is 1.68. The van der Waals surface area contributed by atoms with Gasteiger partial charge in [-0.15, -0.1) is 0 Å². The van der Waals surface area contributed by atoms with Crippen LogP contribution in [0.5, 0.6) is 0 Å². The Bertz CT molecular complexity index is 938. The molecule has 4 nitrogen and oxygen atoms in total. The van der Waals surface area contributed by atoms with Crippen molar-refractivity contribution < 1.29 is 9.18 Å². The quantitative estimate of drug-likeness (QED) is 0.696. The second-order valence-electron chi connectivity index (χ2n) is 6.07. The summed E-state index contributed by atoms with van der Waals surface area (Å²) in [6.45, 7) is 3.92. The van der Waals surface area contributed by atoms with Gasteiger partial charge in [0.25, 0.3) is 5.91 Å². The lowest BCUT2D eigenvalue weighted by Gasteiger charge is -2.12. The van der Waals surface area contributed by atoms with E-state index in [2.05, 4.69) is 10.4 Å². The molecule has 0 fully saturated rings. The normalized spacial score (nSPS) is 12.0. The summed E-state index contributed by atoms with van der Waals surface area (Å²) < 4.78 is 15.7. The maximum atomic E-state index is 14.2. The molecule has 0 saturated heterocycles. The fourth-order valence-corrected chi connectivity index (χ4v) is 2.73. The number of aromatic nitrogens is 2. The van der Waals surface area contributed by atoms with E-state index in [4.69, 9.17) is 11.6 Å². The number of amides is 1. The van der Waals surface area contributed by atoms with Crippen LogP contribution in [-0.4, -0.2) is 21.7 Å². The van der Waals surface area contributed by atoms with Crippen molar-refractivity contribution in [3.8, 4) is 16.9 Å². The molecule has 0 spiro atoms. The molecule has 3 aromatic rings. The van der Waals surface area contributed by atoms with E-state index >= 15 is 0 Å². The number of carbonyl (C=O) groups excluding carboxylic acids is 1. The summed E-state index contributed by atoms with van der Waals surface area (Å²) in [6, 6.07) is 15.0. The summed E-state index contributed by atoms with van der Waals surface area (Å²) in [4.78, 5) is 12.7. The van der Waals surface area contributed by atoms with E-state index in [-0.39, 0.29) is 11.9 Å². The zero-order valence-electron chi connectivity index (χ0n) is 14.5. The molecule has 1 unspecified atom stereocenters. The second-order valence-corrected chi connectivity index (χ2v) is 6.51. The lowest BCUT2D eigenvalue weighted by Crippen LogP contribution is -2.33. The fourth-order valence-electron chi connectivity index (χ4n) is 2.55. The molecule has 1 amide bonds. The lowest BCUT2D eigenvalue weighted by atomic mass is 10.1. The van der Waals surface area contributed by atoms with Crippen LogP contribution < -0.4 is 5.32 Å². The van der Waals surface area contributed by atoms with Crippen LogP contribution in [0.3, 0.4) is 0 Å². The molecule has 0 aliphatic heterocycles. The van der Waals surface area contributed by atoms with Crippen molar-refractivity contribution in [1.82, 2.24) is 15.1 Å². The minimum Gasteiger partial charge on any atom is -0.348 e. The number of rotatable bonds is 5. The van der Waals surface area contributed by atoms with Gasteiger partial charge in [0, 0.05) is 16.6 Å². The summed E-state index contributed by atoms with van der Waals surface area (Å²) in [5.74, 6) is -0.661. The highest BCUT2D eigenvalue weighted by atomic mass is 35.5. The Morgan fingerprint density at radius 2 is 2.00 bits per heavy atom. The van der Waals surface area contributed by atoms with Crippen LogP contribution in [0.15, 0.2) is 54.6 Å². The van der Waals surface area contributed by atoms with E-state index in [1.807, 2.05) is 13.8 Å². The molecular weight excluding hydrogens is 353 g/mol. The van der Waals surface area contributed by atoms with E-state index in [1.165, 1.54) is 10.7 Å². The van der Waals surface area contributed by atoms with Crippen molar-refractivity contribution in [2.45, 2.75) is 26.3 Å². The monoisotopic (exact) mass is 371 g/mol. The van der Waals surface area contributed by atoms with Gasteiger partial charge in [-0.25, -0.2) is 9.07 Å². The highest BCUT2D eigenvalue weighted by molar-refractivity contribution is 6.30. The number of halogens is 2. The van der Waals surface area contributed by atoms with Crippen LogP contribution in [0.25, 0.3) is 16.9 Å². The van der Waals surface area contributed by atoms with Gasteiger partial charge in [0.15, 0.2) is 0 Å². The maximum Gasteiger partial charge on any atom is 0.270 e. The van der Waals surface area contributed by atoms with Crippen molar-refractivity contribution in [2.24, 2.45) is 0 Å². The van der Waals surface area contributed by atoms with Crippen molar-refractivity contribution in [2.75, 3.05) is 0 Å². The van der Waals surface area contributed by atoms with Gasteiger partial charge in [0.05, 0.1) is 11.4 Å². The van der Waals surface area contributed by atoms with E-state index in [9.17, 15) is 9.18 Å². The molecule has 2 aromatic carbocycles. The molecule has 0 saturated carbocycles. The third kappa shape index (κ3) is 3.78. The molecule has 3 rings (SSSR count). The molecule has 0 aliphatic carbocycles. The molecule has 0 aliphatic rings. The Balaban J connectivity index is 2.12. The Labute approximate surface area is 156 Å².